The first-order chi connectivity index (χ1) is 20.5. The van der Waals surface area contributed by atoms with Crippen molar-refractivity contribution in [2.75, 3.05) is 26.9 Å². The third-order valence-corrected chi connectivity index (χ3v) is 7.63. The predicted molar refractivity (Wildman–Crippen MR) is 163 cm³/mol. The quantitative estimate of drug-likeness (QED) is 0.250. The number of carbonyl (C=O) groups is 1. The number of nitrogens with zero attached hydrogens (tertiary/aromatic N) is 2. The molecule has 0 bridgehead atoms. The minimum absolute atomic E-state index is 0.180. The Kier molecular flexibility index (Phi) is 8.88. The van der Waals surface area contributed by atoms with Crippen LogP contribution in [0.15, 0.2) is 88.2 Å². The van der Waals surface area contributed by atoms with Crippen LogP contribution < -0.4 is 29.1 Å². The summed E-state index contributed by atoms with van der Waals surface area (Å²) < 4.78 is 24.5. The molecule has 0 unspecified atom stereocenters. The van der Waals surface area contributed by atoms with Gasteiger partial charge < -0.3 is 18.9 Å². The fourth-order valence-corrected chi connectivity index (χ4v) is 5.88. The lowest BCUT2D eigenvalue weighted by Gasteiger charge is -2.26. The molecule has 9 heteroatoms. The zero-order valence-electron chi connectivity index (χ0n) is 24.0. The van der Waals surface area contributed by atoms with Crippen molar-refractivity contribution in [3.05, 3.63) is 115 Å². The van der Waals surface area contributed by atoms with Crippen molar-refractivity contribution in [1.29, 1.82) is 0 Å². The molecule has 0 radical (unpaired) electrons. The third-order valence-electron chi connectivity index (χ3n) is 6.65. The number of hydrogen-bond acceptors (Lipinski definition) is 8. The number of carbonyl (C=O) groups excluding carboxylic acids is 1. The Bertz CT molecular complexity index is 1810. The van der Waals surface area contributed by atoms with Crippen molar-refractivity contribution >= 4 is 29.1 Å². The normalized spacial score (nSPS) is 14.7. The average molecular weight is 585 g/mol. The lowest BCUT2D eigenvalue weighted by molar-refractivity contribution is -0.138. The van der Waals surface area contributed by atoms with E-state index in [1.807, 2.05) is 86.6 Å². The van der Waals surface area contributed by atoms with Gasteiger partial charge >= 0.3 is 5.97 Å². The van der Waals surface area contributed by atoms with E-state index in [9.17, 15) is 9.59 Å². The second kappa shape index (κ2) is 12.9. The van der Waals surface area contributed by atoms with Crippen LogP contribution in [0.5, 0.6) is 17.2 Å². The standard InChI is InChI=1S/C33H32N2O6S/c1-5-39-25-17-16-21(18-26(25)40-6-2)19-27-31(36)35-30(23-14-11-15-24(20-23)38-4)28(32(37)41-7-3)29(34-33(35)42-27)22-12-9-8-10-13-22/h8-20,30H,5-7H2,1-4H3/b27-19-/t30-/m1/s1. The van der Waals surface area contributed by atoms with Crippen LogP contribution in [-0.2, 0) is 9.53 Å². The molecule has 0 N–H and O–H groups in total. The smallest absolute Gasteiger partial charge is 0.338 e. The Morgan fingerprint density at radius 2 is 1.69 bits per heavy atom. The van der Waals surface area contributed by atoms with Crippen molar-refractivity contribution < 1.29 is 23.7 Å². The number of rotatable bonds is 10. The molecule has 1 aliphatic rings. The highest BCUT2D eigenvalue weighted by molar-refractivity contribution is 7.07. The number of methoxy groups -OCH3 is 1. The molecule has 0 saturated heterocycles. The topological polar surface area (TPSA) is 88.4 Å². The number of ether oxygens (including phenoxy) is 4. The van der Waals surface area contributed by atoms with E-state index in [0.717, 1.165) is 11.1 Å². The van der Waals surface area contributed by atoms with Crippen LogP contribution in [0.25, 0.3) is 11.8 Å². The fraction of sp³-hybridized carbons (Fsp3) is 0.242. The van der Waals surface area contributed by atoms with Crippen molar-refractivity contribution in [3.8, 4) is 17.2 Å². The van der Waals surface area contributed by atoms with E-state index in [1.165, 1.54) is 11.3 Å². The van der Waals surface area contributed by atoms with Gasteiger partial charge in [0.05, 0.1) is 48.8 Å². The summed E-state index contributed by atoms with van der Waals surface area (Å²) in [4.78, 5) is 33.1. The van der Waals surface area contributed by atoms with E-state index in [0.29, 0.717) is 51.1 Å². The number of aromatic nitrogens is 1. The van der Waals surface area contributed by atoms with Gasteiger partial charge in [0.25, 0.3) is 5.56 Å². The molecule has 216 valence electrons. The molecular weight excluding hydrogens is 552 g/mol. The maximum atomic E-state index is 14.1. The Balaban J connectivity index is 1.77. The Hall–Kier alpha value is -4.63. The number of thiazole rings is 1. The summed E-state index contributed by atoms with van der Waals surface area (Å²) in [5.74, 6) is 1.32. The van der Waals surface area contributed by atoms with Gasteiger partial charge in [0.2, 0.25) is 0 Å². The highest BCUT2D eigenvalue weighted by atomic mass is 32.1. The van der Waals surface area contributed by atoms with E-state index in [1.54, 1.807) is 24.7 Å². The Morgan fingerprint density at radius 1 is 0.929 bits per heavy atom. The minimum atomic E-state index is -0.785. The lowest BCUT2D eigenvalue weighted by atomic mass is 9.93. The second-order valence-corrected chi connectivity index (χ2v) is 10.3. The average Bonchev–Trinajstić information content (AvgIpc) is 3.32. The summed E-state index contributed by atoms with van der Waals surface area (Å²) in [7, 11) is 1.58. The molecule has 1 atom stereocenters. The Morgan fingerprint density at radius 3 is 2.40 bits per heavy atom. The van der Waals surface area contributed by atoms with Gasteiger partial charge in [-0.15, -0.1) is 0 Å². The van der Waals surface area contributed by atoms with Gasteiger partial charge in [-0.2, -0.15) is 0 Å². The van der Waals surface area contributed by atoms with Crippen molar-refractivity contribution in [3.63, 3.8) is 0 Å². The van der Waals surface area contributed by atoms with Crippen molar-refractivity contribution in [2.24, 2.45) is 4.99 Å². The molecule has 5 rings (SSSR count). The molecule has 0 fully saturated rings. The maximum Gasteiger partial charge on any atom is 0.338 e. The number of hydrogen-bond donors (Lipinski definition) is 0. The van der Waals surface area contributed by atoms with E-state index < -0.39 is 12.0 Å². The molecule has 0 spiro atoms. The molecule has 4 aromatic rings. The summed E-state index contributed by atoms with van der Waals surface area (Å²) in [5.41, 5.74) is 2.71. The van der Waals surface area contributed by atoms with Crippen LogP contribution in [0.2, 0.25) is 0 Å². The number of esters is 1. The molecule has 1 aliphatic heterocycles. The molecule has 42 heavy (non-hydrogen) atoms. The van der Waals surface area contributed by atoms with E-state index in [2.05, 4.69) is 0 Å². The predicted octanol–water partition coefficient (Wildman–Crippen LogP) is 4.74. The summed E-state index contributed by atoms with van der Waals surface area (Å²) in [5, 5.41) is 0. The van der Waals surface area contributed by atoms with E-state index in [-0.39, 0.29) is 17.7 Å². The Labute approximate surface area is 247 Å². The van der Waals surface area contributed by atoms with Gasteiger partial charge in [0.15, 0.2) is 16.3 Å². The molecule has 2 heterocycles. The van der Waals surface area contributed by atoms with Crippen molar-refractivity contribution in [2.45, 2.75) is 26.8 Å². The zero-order valence-corrected chi connectivity index (χ0v) is 24.8. The van der Waals surface area contributed by atoms with Gasteiger partial charge in [0, 0.05) is 5.56 Å². The SMILES string of the molecule is CCOC(=O)C1=C(c2ccccc2)N=c2s/c(=C\c3ccc(OCC)c(OCC)c3)c(=O)n2[C@@H]1c1cccc(OC)c1. The van der Waals surface area contributed by atoms with E-state index in [4.69, 9.17) is 23.9 Å². The lowest BCUT2D eigenvalue weighted by Crippen LogP contribution is -2.40. The second-order valence-electron chi connectivity index (χ2n) is 9.28. The summed E-state index contributed by atoms with van der Waals surface area (Å²) in [6.07, 6.45) is 1.81. The third kappa shape index (κ3) is 5.73. The van der Waals surface area contributed by atoms with Crippen LogP contribution in [0, 0.1) is 0 Å². The number of fused-ring (bicyclic) bond motifs is 1. The fourth-order valence-electron chi connectivity index (χ4n) is 4.88. The summed E-state index contributed by atoms with van der Waals surface area (Å²) in [6.45, 7) is 6.74. The van der Waals surface area contributed by atoms with Crippen LogP contribution in [0.1, 0.15) is 43.5 Å². The highest BCUT2D eigenvalue weighted by Crippen LogP contribution is 2.36. The minimum Gasteiger partial charge on any atom is -0.497 e. The first-order valence-electron chi connectivity index (χ1n) is 13.8. The maximum absolute atomic E-state index is 14.1. The van der Waals surface area contributed by atoms with Crippen LogP contribution in [0.3, 0.4) is 0 Å². The first kappa shape index (κ1) is 28.9. The molecule has 0 saturated carbocycles. The summed E-state index contributed by atoms with van der Waals surface area (Å²) in [6, 6.07) is 21.6. The molecule has 8 nitrogen and oxygen atoms in total. The van der Waals surface area contributed by atoms with Crippen molar-refractivity contribution in [1.82, 2.24) is 4.57 Å². The largest absolute Gasteiger partial charge is 0.497 e. The molecule has 0 amide bonds. The molecule has 0 aliphatic carbocycles. The molecular formula is C33H32N2O6S. The van der Waals surface area contributed by atoms with Gasteiger partial charge in [-0.1, -0.05) is 59.9 Å². The monoisotopic (exact) mass is 584 g/mol. The van der Waals surface area contributed by atoms with Gasteiger partial charge in [-0.3, -0.25) is 9.36 Å². The number of benzene rings is 3. The van der Waals surface area contributed by atoms with Gasteiger partial charge in [-0.25, -0.2) is 9.79 Å². The van der Waals surface area contributed by atoms with Crippen LogP contribution in [-0.4, -0.2) is 37.5 Å². The van der Waals surface area contributed by atoms with Crippen LogP contribution in [0.4, 0.5) is 0 Å². The molecule has 1 aromatic heterocycles. The first-order valence-corrected chi connectivity index (χ1v) is 14.6. The summed E-state index contributed by atoms with van der Waals surface area (Å²) >= 11 is 1.26. The highest BCUT2D eigenvalue weighted by Gasteiger charge is 2.35. The van der Waals surface area contributed by atoms with Crippen LogP contribution >= 0.6 is 11.3 Å². The van der Waals surface area contributed by atoms with Gasteiger partial charge in [0.1, 0.15) is 5.75 Å². The van der Waals surface area contributed by atoms with E-state index >= 15 is 0 Å². The molecule has 3 aromatic carbocycles. The zero-order chi connectivity index (χ0) is 29.6. The van der Waals surface area contributed by atoms with Gasteiger partial charge in [-0.05, 0) is 62.2 Å².